The van der Waals surface area contributed by atoms with Crippen molar-refractivity contribution in [2.45, 2.75) is 13.2 Å². The largest absolute Gasteiger partial charge is 0.492 e. The van der Waals surface area contributed by atoms with Crippen molar-refractivity contribution >= 4 is 12.6 Å². The molecule has 0 bridgehead atoms. The minimum Gasteiger partial charge on any atom is -0.423 e. The predicted octanol–water partition coefficient (Wildman–Crippen LogP) is 0.324. The van der Waals surface area contributed by atoms with Gasteiger partial charge in [-0.05, 0) is 11.0 Å². The molecule has 0 spiro atoms. The van der Waals surface area contributed by atoms with E-state index in [1.165, 1.54) is 0 Å². The lowest BCUT2D eigenvalue weighted by Gasteiger charge is -2.01. The number of hydrogen-bond acceptors (Lipinski definition) is 2. The summed E-state index contributed by atoms with van der Waals surface area (Å²) in [4.78, 5) is 3.30. The van der Waals surface area contributed by atoms with Gasteiger partial charge in [0.15, 0.2) is 0 Å². The Kier molecular flexibility index (Phi) is 2.05. The first-order chi connectivity index (χ1) is 6.33. The first-order valence-electron chi connectivity index (χ1n) is 4.06. The highest BCUT2D eigenvalue weighted by atomic mass is 16.5. The summed E-state index contributed by atoms with van der Waals surface area (Å²) in [6, 6.07) is 5.66. The highest BCUT2D eigenvalue weighted by Crippen LogP contribution is 2.13. The third-order valence-corrected chi connectivity index (χ3v) is 2.18. The van der Waals surface area contributed by atoms with Crippen molar-refractivity contribution in [1.82, 2.24) is 0 Å². The Balaban J connectivity index is 2.48. The van der Waals surface area contributed by atoms with E-state index in [0.717, 1.165) is 16.6 Å². The van der Waals surface area contributed by atoms with Gasteiger partial charge in [0.05, 0.1) is 6.61 Å². The molecule has 4 heteroatoms. The summed E-state index contributed by atoms with van der Waals surface area (Å²) in [5, 5.41) is 9.46. The van der Waals surface area contributed by atoms with E-state index in [1.807, 2.05) is 18.2 Å². The Morgan fingerprint density at radius 3 is 3.23 bits per heavy atom. The molecule has 0 unspecified atom stereocenters. The molecule has 13 heavy (non-hydrogen) atoms. The fraction of sp³-hybridized carbons (Fsp3) is 0.222. The van der Waals surface area contributed by atoms with Gasteiger partial charge in [0, 0.05) is 5.56 Å². The molecule has 0 radical (unpaired) electrons. The highest BCUT2D eigenvalue weighted by molar-refractivity contribution is 6.62. The summed E-state index contributed by atoms with van der Waals surface area (Å²) >= 11 is 0. The smallest absolute Gasteiger partial charge is 0.423 e. The molecule has 0 aliphatic carbocycles. The summed E-state index contributed by atoms with van der Waals surface area (Å²) in [5.41, 5.74) is 2.66. The third-order valence-electron chi connectivity index (χ3n) is 2.18. The standard InChI is InChI=1S/C9H8BNO2/c1-11-5-7-3-2-4-8-6-13-10(12)9(7)8/h2-4,12H,5-6H2. The quantitative estimate of drug-likeness (QED) is 0.490. The van der Waals surface area contributed by atoms with Gasteiger partial charge in [-0.3, -0.25) is 0 Å². The first-order valence-corrected chi connectivity index (χ1v) is 4.06. The normalized spacial score (nSPS) is 14.0. The van der Waals surface area contributed by atoms with E-state index in [2.05, 4.69) is 4.85 Å². The second-order valence-electron chi connectivity index (χ2n) is 2.97. The van der Waals surface area contributed by atoms with Crippen LogP contribution in [0.4, 0.5) is 0 Å². The van der Waals surface area contributed by atoms with Gasteiger partial charge >= 0.3 is 7.12 Å². The molecular formula is C9H8BNO2. The molecule has 0 atom stereocenters. The molecule has 1 aromatic carbocycles. The van der Waals surface area contributed by atoms with Crippen LogP contribution in [-0.2, 0) is 17.8 Å². The minimum absolute atomic E-state index is 0.309. The number of rotatable bonds is 1. The molecule has 1 aliphatic heterocycles. The van der Waals surface area contributed by atoms with Crippen LogP contribution < -0.4 is 5.46 Å². The van der Waals surface area contributed by atoms with Crippen LogP contribution in [0.25, 0.3) is 4.85 Å². The SMILES string of the molecule is [C-]#[N+]Cc1cccc2c1B(O)OC2. The number of nitrogens with zero attached hydrogens (tertiary/aromatic N) is 1. The van der Waals surface area contributed by atoms with Gasteiger partial charge in [-0.1, -0.05) is 18.2 Å². The third kappa shape index (κ3) is 1.33. The lowest BCUT2D eigenvalue weighted by Crippen LogP contribution is -2.31. The van der Waals surface area contributed by atoms with Crippen molar-refractivity contribution in [3.05, 3.63) is 40.7 Å². The van der Waals surface area contributed by atoms with E-state index in [0.29, 0.717) is 13.2 Å². The molecule has 0 amide bonds. The zero-order chi connectivity index (χ0) is 9.26. The number of benzene rings is 1. The molecule has 0 saturated carbocycles. The van der Waals surface area contributed by atoms with Crippen molar-refractivity contribution in [2.24, 2.45) is 0 Å². The maximum absolute atomic E-state index is 9.46. The Morgan fingerprint density at radius 2 is 2.46 bits per heavy atom. The van der Waals surface area contributed by atoms with Crippen LogP contribution >= 0.6 is 0 Å². The van der Waals surface area contributed by atoms with Crippen LogP contribution in [0.15, 0.2) is 18.2 Å². The van der Waals surface area contributed by atoms with Crippen LogP contribution in [-0.4, -0.2) is 12.1 Å². The van der Waals surface area contributed by atoms with Crippen LogP contribution in [0.2, 0.25) is 0 Å². The van der Waals surface area contributed by atoms with E-state index in [1.54, 1.807) is 0 Å². The molecular weight excluding hydrogens is 165 g/mol. The maximum Gasteiger partial charge on any atom is 0.492 e. The molecule has 0 saturated heterocycles. The maximum atomic E-state index is 9.46. The van der Waals surface area contributed by atoms with Gasteiger partial charge in [-0.15, -0.1) is 0 Å². The van der Waals surface area contributed by atoms with Crippen molar-refractivity contribution in [2.75, 3.05) is 0 Å². The average molecular weight is 173 g/mol. The Hall–Kier alpha value is -1.31. The fourth-order valence-corrected chi connectivity index (χ4v) is 1.58. The van der Waals surface area contributed by atoms with Gasteiger partial charge in [0.2, 0.25) is 6.54 Å². The Morgan fingerprint density at radius 1 is 1.62 bits per heavy atom. The molecule has 1 heterocycles. The van der Waals surface area contributed by atoms with Gasteiger partial charge in [-0.2, -0.15) is 0 Å². The average Bonchev–Trinajstić information content (AvgIpc) is 2.50. The minimum atomic E-state index is -0.840. The van der Waals surface area contributed by atoms with Gasteiger partial charge < -0.3 is 14.5 Å². The summed E-state index contributed by atoms with van der Waals surface area (Å²) < 4.78 is 5.06. The van der Waals surface area contributed by atoms with Gasteiger partial charge in [0.25, 0.3) is 0 Å². The van der Waals surface area contributed by atoms with E-state index in [9.17, 15) is 5.02 Å². The Bertz CT molecular complexity index is 372. The summed E-state index contributed by atoms with van der Waals surface area (Å²) in [6.07, 6.45) is 0. The van der Waals surface area contributed by atoms with Crippen molar-refractivity contribution in [3.8, 4) is 0 Å². The fourth-order valence-electron chi connectivity index (χ4n) is 1.58. The molecule has 0 fully saturated rings. The van der Waals surface area contributed by atoms with E-state index in [-0.39, 0.29) is 0 Å². The van der Waals surface area contributed by atoms with E-state index < -0.39 is 7.12 Å². The number of hydrogen-bond donors (Lipinski definition) is 1. The summed E-state index contributed by atoms with van der Waals surface area (Å²) in [6.45, 7) is 7.53. The predicted molar refractivity (Wildman–Crippen MR) is 49.1 cm³/mol. The molecule has 2 rings (SSSR count). The van der Waals surface area contributed by atoms with Crippen molar-refractivity contribution < 1.29 is 9.68 Å². The highest BCUT2D eigenvalue weighted by Gasteiger charge is 2.30. The Labute approximate surface area is 76.9 Å². The molecule has 1 aliphatic rings. The second kappa shape index (κ2) is 3.21. The summed E-state index contributed by atoms with van der Waals surface area (Å²) in [7, 11) is -0.840. The lowest BCUT2D eigenvalue weighted by molar-refractivity contribution is 0.275. The summed E-state index contributed by atoms with van der Waals surface area (Å²) in [5.74, 6) is 0. The second-order valence-corrected chi connectivity index (χ2v) is 2.97. The first kappa shape index (κ1) is 8.30. The van der Waals surface area contributed by atoms with Crippen molar-refractivity contribution in [1.29, 1.82) is 0 Å². The zero-order valence-corrected chi connectivity index (χ0v) is 7.03. The molecule has 0 aromatic heterocycles. The lowest BCUT2D eigenvalue weighted by atomic mass is 9.76. The molecule has 3 nitrogen and oxygen atoms in total. The monoisotopic (exact) mass is 173 g/mol. The van der Waals surface area contributed by atoms with Crippen LogP contribution in [0, 0.1) is 6.57 Å². The molecule has 64 valence electrons. The van der Waals surface area contributed by atoms with E-state index >= 15 is 0 Å². The van der Waals surface area contributed by atoms with E-state index in [4.69, 9.17) is 11.2 Å². The van der Waals surface area contributed by atoms with Crippen LogP contribution in [0.3, 0.4) is 0 Å². The van der Waals surface area contributed by atoms with Crippen LogP contribution in [0.1, 0.15) is 11.1 Å². The van der Waals surface area contributed by atoms with Gasteiger partial charge in [-0.25, -0.2) is 6.57 Å². The zero-order valence-electron chi connectivity index (χ0n) is 7.03. The molecule has 1 N–H and O–H groups in total. The molecule has 1 aromatic rings. The van der Waals surface area contributed by atoms with Crippen molar-refractivity contribution in [3.63, 3.8) is 0 Å². The topological polar surface area (TPSA) is 33.8 Å². The van der Waals surface area contributed by atoms with Crippen LogP contribution in [0.5, 0.6) is 0 Å². The van der Waals surface area contributed by atoms with Gasteiger partial charge in [0.1, 0.15) is 0 Å². The number of fused-ring (bicyclic) bond motifs is 1.